The SMILES string of the molecule is CCC[C@H]1N(C(=O)c2cnccc2C(F)(F)F)CCC[C@@]1(Oc1ccc(C(F)(F)F)cc1)C(=O)N1CCN(c2ccccc2OCCN2CCCCC2)CC1. The van der Waals surface area contributed by atoms with Gasteiger partial charge in [0.25, 0.3) is 11.8 Å². The van der Waals surface area contributed by atoms with E-state index >= 15 is 0 Å². The maximum absolute atomic E-state index is 15.0. The molecule has 0 spiro atoms. The molecule has 55 heavy (non-hydrogen) atoms. The summed E-state index contributed by atoms with van der Waals surface area (Å²) in [5.41, 5.74) is -3.63. The number of alkyl halides is 6. The predicted octanol–water partition coefficient (Wildman–Crippen LogP) is 7.56. The maximum Gasteiger partial charge on any atom is 0.417 e. The lowest BCUT2D eigenvalue weighted by Gasteiger charge is -2.51. The Balaban J connectivity index is 1.27. The molecule has 0 unspecified atom stereocenters. The fourth-order valence-electron chi connectivity index (χ4n) is 8.02. The van der Waals surface area contributed by atoms with Gasteiger partial charge in [0.05, 0.1) is 28.4 Å². The number of piperidine rings is 2. The molecule has 1 aromatic heterocycles. The van der Waals surface area contributed by atoms with Crippen molar-refractivity contribution in [1.29, 1.82) is 0 Å². The summed E-state index contributed by atoms with van der Waals surface area (Å²) in [5, 5.41) is 0. The van der Waals surface area contributed by atoms with E-state index < -0.39 is 52.5 Å². The summed E-state index contributed by atoms with van der Waals surface area (Å²) in [4.78, 5) is 40.3. The molecule has 3 aliphatic heterocycles. The highest BCUT2D eigenvalue weighted by Gasteiger charge is 2.56. The molecule has 298 valence electrons. The molecule has 0 saturated carbocycles. The number of carbonyl (C=O) groups excluding carboxylic acids is 2. The molecule has 0 aliphatic carbocycles. The molecule has 3 saturated heterocycles. The Kier molecular flexibility index (Phi) is 12.5. The number of aromatic nitrogens is 1. The van der Waals surface area contributed by atoms with Crippen molar-refractivity contribution in [3.05, 3.63) is 83.7 Å². The highest BCUT2D eigenvalue weighted by Crippen LogP contribution is 2.41. The third-order valence-electron chi connectivity index (χ3n) is 10.8. The first kappa shape index (κ1) is 40.1. The zero-order valence-electron chi connectivity index (χ0n) is 30.9. The van der Waals surface area contributed by atoms with Crippen molar-refractivity contribution in [2.75, 3.05) is 63.9 Å². The Labute approximate surface area is 317 Å². The summed E-state index contributed by atoms with van der Waals surface area (Å²) >= 11 is 0. The van der Waals surface area contributed by atoms with Crippen LogP contribution in [-0.4, -0.2) is 102 Å². The van der Waals surface area contributed by atoms with E-state index in [1.54, 1.807) is 4.90 Å². The number of anilines is 1. The van der Waals surface area contributed by atoms with E-state index in [0.29, 0.717) is 26.1 Å². The smallest absolute Gasteiger partial charge is 0.417 e. The number of amides is 2. The van der Waals surface area contributed by atoms with E-state index in [1.807, 2.05) is 31.2 Å². The van der Waals surface area contributed by atoms with Gasteiger partial charge in [-0.15, -0.1) is 0 Å². The number of halogens is 6. The summed E-state index contributed by atoms with van der Waals surface area (Å²) in [6, 6.07) is 11.4. The summed E-state index contributed by atoms with van der Waals surface area (Å²) in [6.07, 6.45) is -3.09. The van der Waals surface area contributed by atoms with Gasteiger partial charge in [-0.25, -0.2) is 0 Å². The Morgan fingerprint density at radius 2 is 1.55 bits per heavy atom. The van der Waals surface area contributed by atoms with E-state index in [0.717, 1.165) is 73.8 Å². The number of hydrogen-bond donors (Lipinski definition) is 0. The van der Waals surface area contributed by atoms with Crippen molar-refractivity contribution >= 4 is 17.5 Å². The summed E-state index contributed by atoms with van der Waals surface area (Å²) in [7, 11) is 0. The number of benzene rings is 2. The van der Waals surface area contributed by atoms with Gasteiger partial charge in [-0.2, -0.15) is 26.3 Å². The van der Waals surface area contributed by atoms with Crippen LogP contribution in [0.4, 0.5) is 32.0 Å². The van der Waals surface area contributed by atoms with Gasteiger partial charge in [0.2, 0.25) is 5.60 Å². The molecule has 6 rings (SSSR count). The molecule has 2 atom stereocenters. The Morgan fingerprint density at radius 3 is 2.22 bits per heavy atom. The van der Waals surface area contributed by atoms with Crippen LogP contribution in [-0.2, 0) is 17.1 Å². The molecular weight excluding hydrogens is 728 g/mol. The molecular formula is C40H47F6N5O4. The molecule has 3 aromatic rings. The molecule has 15 heteroatoms. The van der Waals surface area contributed by atoms with Gasteiger partial charge < -0.3 is 24.2 Å². The number of ether oxygens (including phenoxy) is 2. The molecule has 4 heterocycles. The highest BCUT2D eigenvalue weighted by molar-refractivity contribution is 5.97. The fourth-order valence-corrected chi connectivity index (χ4v) is 8.02. The summed E-state index contributed by atoms with van der Waals surface area (Å²) < 4.78 is 95.4. The van der Waals surface area contributed by atoms with Crippen LogP contribution in [0, 0.1) is 0 Å². The molecule has 0 bridgehead atoms. The highest BCUT2D eigenvalue weighted by atomic mass is 19.4. The molecule has 2 aromatic carbocycles. The molecule has 3 aliphatic rings. The number of carbonyl (C=O) groups is 2. The summed E-state index contributed by atoms with van der Waals surface area (Å²) in [5.74, 6) is -0.715. The topological polar surface area (TPSA) is 78.5 Å². The van der Waals surface area contributed by atoms with Crippen LogP contribution in [0.25, 0.3) is 0 Å². The number of hydrogen-bond acceptors (Lipinski definition) is 7. The van der Waals surface area contributed by atoms with Gasteiger partial charge in [-0.1, -0.05) is 31.9 Å². The number of para-hydroxylation sites is 2. The van der Waals surface area contributed by atoms with Gasteiger partial charge in [-0.05, 0) is 81.2 Å². The number of piperazine rings is 1. The number of likely N-dealkylation sites (tertiary alicyclic amines) is 2. The van der Waals surface area contributed by atoms with E-state index in [4.69, 9.17) is 9.47 Å². The van der Waals surface area contributed by atoms with E-state index in [1.165, 1.54) is 24.2 Å². The van der Waals surface area contributed by atoms with Crippen molar-refractivity contribution in [3.8, 4) is 11.5 Å². The zero-order valence-corrected chi connectivity index (χ0v) is 30.9. The van der Waals surface area contributed by atoms with Crippen molar-refractivity contribution in [2.45, 2.75) is 75.9 Å². The van der Waals surface area contributed by atoms with Crippen molar-refractivity contribution in [1.82, 2.24) is 19.7 Å². The van der Waals surface area contributed by atoms with E-state index in [-0.39, 0.29) is 44.6 Å². The molecule has 0 radical (unpaired) electrons. The standard InChI is InChI=1S/C40H47F6N5O4/c1-2-9-35-38(55-30-14-12-29(13-15-30)39(41,42)43,17-8-21-51(35)36(52)31-28-47-18-16-32(31)40(44,45)46)37(53)50-24-22-49(23-25-50)33-10-4-5-11-34(33)54-27-26-48-19-6-3-7-20-48/h4-5,10-16,18,28,35H,2-3,6-9,17,19-27H2,1H3/t35-,38+/m1/s1. The number of pyridine rings is 1. The lowest BCUT2D eigenvalue weighted by molar-refractivity contribution is -0.159. The number of rotatable bonds is 11. The van der Waals surface area contributed by atoms with Gasteiger partial charge >= 0.3 is 12.4 Å². The van der Waals surface area contributed by atoms with Crippen LogP contribution in [0.2, 0.25) is 0 Å². The van der Waals surface area contributed by atoms with Crippen LogP contribution in [0.3, 0.4) is 0 Å². The number of nitrogens with zero attached hydrogens (tertiary/aromatic N) is 5. The Hall–Kier alpha value is -4.53. The third-order valence-corrected chi connectivity index (χ3v) is 10.8. The fraction of sp³-hybridized carbons (Fsp3) is 0.525. The average molecular weight is 776 g/mol. The minimum Gasteiger partial charge on any atom is -0.490 e. The first-order valence-electron chi connectivity index (χ1n) is 19.0. The Bertz CT molecular complexity index is 1760. The monoisotopic (exact) mass is 775 g/mol. The average Bonchev–Trinajstić information content (AvgIpc) is 3.18. The van der Waals surface area contributed by atoms with Gasteiger partial charge in [0.1, 0.15) is 18.1 Å². The van der Waals surface area contributed by atoms with Gasteiger partial charge in [0, 0.05) is 58.1 Å². The van der Waals surface area contributed by atoms with Crippen molar-refractivity contribution < 1.29 is 45.4 Å². The summed E-state index contributed by atoms with van der Waals surface area (Å²) in [6.45, 7) is 6.73. The van der Waals surface area contributed by atoms with Gasteiger partial charge in [0.15, 0.2) is 0 Å². The minimum atomic E-state index is -4.84. The van der Waals surface area contributed by atoms with Gasteiger partial charge in [-0.3, -0.25) is 19.5 Å². The second-order valence-corrected chi connectivity index (χ2v) is 14.3. The minimum absolute atomic E-state index is 0.0247. The molecule has 0 N–H and O–H groups in total. The molecule has 3 fully saturated rings. The lowest BCUT2D eigenvalue weighted by Crippen LogP contribution is -2.69. The first-order chi connectivity index (χ1) is 26.3. The van der Waals surface area contributed by atoms with E-state index in [2.05, 4.69) is 14.8 Å². The van der Waals surface area contributed by atoms with Crippen molar-refractivity contribution in [2.24, 2.45) is 0 Å². The van der Waals surface area contributed by atoms with E-state index in [9.17, 15) is 35.9 Å². The second kappa shape index (κ2) is 17.1. The molecule has 2 amide bonds. The van der Waals surface area contributed by atoms with Crippen LogP contribution in [0.1, 0.15) is 73.4 Å². The normalized spacial score (nSPS) is 21.4. The second-order valence-electron chi connectivity index (χ2n) is 14.3. The third kappa shape index (κ3) is 9.13. The first-order valence-corrected chi connectivity index (χ1v) is 19.0. The zero-order chi connectivity index (χ0) is 39.2. The largest absolute Gasteiger partial charge is 0.490 e. The lowest BCUT2D eigenvalue weighted by atomic mass is 9.79. The van der Waals surface area contributed by atoms with Crippen LogP contribution in [0.15, 0.2) is 67.0 Å². The van der Waals surface area contributed by atoms with Crippen molar-refractivity contribution in [3.63, 3.8) is 0 Å². The van der Waals surface area contributed by atoms with Crippen LogP contribution >= 0.6 is 0 Å². The Morgan fingerprint density at radius 1 is 0.836 bits per heavy atom. The van der Waals surface area contributed by atoms with Crippen LogP contribution in [0.5, 0.6) is 11.5 Å². The maximum atomic E-state index is 15.0. The quantitative estimate of drug-likeness (QED) is 0.186. The van der Waals surface area contributed by atoms with Crippen LogP contribution < -0.4 is 14.4 Å². The molecule has 9 nitrogen and oxygen atoms in total. The predicted molar refractivity (Wildman–Crippen MR) is 194 cm³/mol.